The highest BCUT2D eigenvalue weighted by Gasteiger charge is 2.32. The first-order chi connectivity index (χ1) is 15.1. The molecule has 0 unspecified atom stereocenters. The van der Waals surface area contributed by atoms with Crippen LogP contribution in [-0.4, -0.2) is 50.0 Å². The van der Waals surface area contributed by atoms with Crippen LogP contribution in [0.25, 0.3) is 17.0 Å². The molecule has 10 heteroatoms. The second kappa shape index (κ2) is 8.21. The Bertz CT molecular complexity index is 1290. The van der Waals surface area contributed by atoms with E-state index in [4.69, 9.17) is 0 Å². The van der Waals surface area contributed by atoms with Gasteiger partial charge in [-0.2, -0.15) is 0 Å². The maximum absolute atomic E-state index is 12.6. The van der Waals surface area contributed by atoms with Crippen LogP contribution >= 0.6 is 11.3 Å². The summed E-state index contributed by atoms with van der Waals surface area (Å²) in [5.41, 5.74) is 3.73. The van der Waals surface area contributed by atoms with Crippen molar-refractivity contribution in [2.45, 2.75) is 0 Å². The van der Waals surface area contributed by atoms with E-state index in [0.717, 1.165) is 17.4 Å². The lowest BCUT2D eigenvalue weighted by atomic mass is 10.1. The Morgan fingerprint density at radius 3 is 2.44 bits per heavy atom. The van der Waals surface area contributed by atoms with E-state index in [0.29, 0.717) is 27.8 Å². The highest BCUT2D eigenvalue weighted by molar-refractivity contribution is 7.92. The van der Waals surface area contributed by atoms with Gasteiger partial charge in [-0.3, -0.25) is 18.8 Å². The zero-order chi connectivity index (χ0) is 23.0. The summed E-state index contributed by atoms with van der Waals surface area (Å²) in [7, 11) is -1.85. The number of hydrogen-bond donors (Lipinski definition) is 1. The molecule has 0 atom stereocenters. The Balaban J connectivity index is 1.42. The maximum Gasteiger partial charge on any atom is 0.259 e. The molecular formula is C22H20N4O4S2. The molecule has 2 aromatic carbocycles. The molecule has 3 aromatic rings. The van der Waals surface area contributed by atoms with E-state index in [2.05, 4.69) is 16.9 Å². The number of sulfonamides is 1. The topological polar surface area (TPSA) is 99.7 Å². The number of nitrogens with zero attached hydrogens (tertiary/aromatic N) is 3. The van der Waals surface area contributed by atoms with Gasteiger partial charge in [0.1, 0.15) is 6.54 Å². The number of benzene rings is 2. The smallest absolute Gasteiger partial charge is 0.259 e. The van der Waals surface area contributed by atoms with Gasteiger partial charge in [0.25, 0.3) is 5.91 Å². The molecule has 0 radical (unpaired) electrons. The monoisotopic (exact) mass is 468 g/mol. The van der Waals surface area contributed by atoms with Crippen molar-refractivity contribution in [2.75, 3.05) is 29.5 Å². The van der Waals surface area contributed by atoms with E-state index >= 15 is 0 Å². The van der Waals surface area contributed by atoms with E-state index in [1.807, 2.05) is 6.07 Å². The molecule has 0 saturated heterocycles. The van der Waals surface area contributed by atoms with E-state index in [1.54, 1.807) is 47.8 Å². The maximum atomic E-state index is 12.6. The second-order valence-electron chi connectivity index (χ2n) is 7.25. The fourth-order valence-electron chi connectivity index (χ4n) is 3.30. The SMILES string of the molecule is C=C1c2ccccc2C(=O)N1CC(=O)Nc1nc(-c2ccc(N(C)S(C)(=O)=O)cc2)cs1. The summed E-state index contributed by atoms with van der Waals surface area (Å²) in [6.45, 7) is 3.78. The van der Waals surface area contributed by atoms with Gasteiger partial charge in [-0.05, 0) is 18.2 Å². The van der Waals surface area contributed by atoms with Crippen LogP contribution < -0.4 is 9.62 Å². The van der Waals surface area contributed by atoms with Crippen LogP contribution in [0.2, 0.25) is 0 Å². The molecular weight excluding hydrogens is 448 g/mol. The number of carbonyl (C=O) groups is 2. The van der Waals surface area contributed by atoms with Crippen molar-refractivity contribution in [2.24, 2.45) is 0 Å². The van der Waals surface area contributed by atoms with E-state index in [9.17, 15) is 18.0 Å². The number of fused-ring (bicyclic) bond motifs is 1. The van der Waals surface area contributed by atoms with Gasteiger partial charge < -0.3 is 5.32 Å². The average Bonchev–Trinajstić information content (AvgIpc) is 3.32. The molecule has 0 saturated carbocycles. The molecule has 0 fully saturated rings. The van der Waals surface area contributed by atoms with Crippen LogP contribution in [0.3, 0.4) is 0 Å². The molecule has 1 aliphatic heterocycles. The third-order valence-corrected chi connectivity index (χ3v) is 7.08. The molecule has 2 heterocycles. The quantitative estimate of drug-likeness (QED) is 0.599. The number of nitrogens with one attached hydrogen (secondary N) is 1. The minimum absolute atomic E-state index is 0.159. The molecule has 4 rings (SSSR count). The van der Waals surface area contributed by atoms with Crippen molar-refractivity contribution < 1.29 is 18.0 Å². The number of rotatable bonds is 6. The summed E-state index contributed by atoms with van der Waals surface area (Å²) in [5.74, 6) is -0.627. The lowest BCUT2D eigenvalue weighted by Crippen LogP contribution is -2.32. The summed E-state index contributed by atoms with van der Waals surface area (Å²) >= 11 is 1.26. The fourth-order valence-corrected chi connectivity index (χ4v) is 4.54. The Kier molecular flexibility index (Phi) is 5.57. The normalized spacial score (nSPS) is 13.2. The Hall–Kier alpha value is -3.50. The minimum Gasteiger partial charge on any atom is -0.300 e. The van der Waals surface area contributed by atoms with Gasteiger partial charge in [0.15, 0.2) is 5.13 Å². The van der Waals surface area contributed by atoms with Crippen LogP contribution in [0, 0.1) is 0 Å². The molecule has 0 bridgehead atoms. The lowest BCUT2D eigenvalue weighted by molar-refractivity contribution is -0.116. The van der Waals surface area contributed by atoms with Crippen LogP contribution in [0.15, 0.2) is 60.5 Å². The zero-order valence-electron chi connectivity index (χ0n) is 17.4. The largest absolute Gasteiger partial charge is 0.300 e. The molecule has 1 aliphatic rings. The van der Waals surface area contributed by atoms with E-state index in [1.165, 1.54) is 27.6 Å². The van der Waals surface area contributed by atoms with Crippen molar-refractivity contribution in [3.63, 3.8) is 0 Å². The van der Waals surface area contributed by atoms with Crippen LogP contribution in [-0.2, 0) is 14.8 Å². The first-order valence-electron chi connectivity index (χ1n) is 9.55. The predicted octanol–water partition coefficient (Wildman–Crippen LogP) is 3.27. The minimum atomic E-state index is -3.34. The first kappa shape index (κ1) is 21.7. The number of aromatic nitrogens is 1. The molecule has 2 amide bonds. The van der Waals surface area contributed by atoms with Gasteiger partial charge in [-0.25, -0.2) is 13.4 Å². The highest BCUT2D eigenvalue weighted by atomic mass is 32.2. The molecule has 8 nitrogen and oxygen atoms in total. The van der Waals surface area contributed by atoms with Crippen molar-refractivity contribution in [1.82, 2.24) is 9.88 Å². The number of hydrogen-bond acceptors (Lipinski definition) is 6. The summed E-state index contributed by atoms with van der Waals surface area (Å²) in [6, 6.07) is 14.0. The number of thiazole rings is 1. The molecule has 1 aromatic heterocycles. The number of anilines is 2. The third-order valence-electron chi connectivity index (χ3n) is 5.12. The summed E-state index contributed by atoms with van der Waals surface area (Å²) in [4.78, 5) is 30.9. The van der Waals surface area contributed by atoms with Crippen LogP contribution in [0.5, 0.6) is 0 Å². The fraction of sp³-hybridized carbons (Fsp3) is 0.136. The Morgan fingerprint density at radius 2 is 1.81 bits per heavy atom. The molecule has 32 heavy (non-hydrogen) atoms. The van der Waals surface area contributed by atoms with E-state index < -0.39 is 10.0 Å². The van der Waals surface area contributed by atoms with Crippen molar-refractivity contribution >= 4 is 49.7 Å². The summed E-state index contributed by atoms with van der Waals surface area (Å²) in [6.07, 6.45) is 1.14. The van der Waals surface area contributed by atoms with Crippen LogP contribution in [0.1, 0.15) is 15.9 Å². The average molecular weight is 469 g/mol. The Morgan fingerprint density at radius 1 is 1.16 bits per heavy atom. The first-order valence-corrected chi connectivity index (χ1v) is 12.3. The second-order valence-corrected chi connectivity index (χ2v) is 10.1. The number of amides is 2. The van der Waals surface area contributed by atoms with Crippen molar-refractivity contribution in [3.05, 3.63) is 71.6 Å². The molecule has 0 spiro atoms. The highest BCUT2D eigenvalue weighted by Crippen LogP contribution is 2.31. The van der Waals surface area contributed by atoms with Gasteiger partial charge in [0.2, 0.25) is 15.9 Å². The predicted molar refractivity (Wildman–Crippen MR) is 126 cm³/mol. The lowest BCUT2D eigenvalue weighted by Gasteiger charge is -2.16. The number of carbonyl (C=O) groups excluding carboxylic acids is 2. The van der Waals surface area contributed by atoms with E-state index in [-0.39, 0.29) is 18.4 Å². The summed E-state index contributed by atoms with van der Waals surface area (Å²) in [5, 5.41) is 4.91. The molecule has 1 N–H and O–H groups in total. The zero-order valence-corrected chi connectivity index (χ0v) is 19.0. The van der Waals surface area contributed by atoms with Crippen molar-refractivity contribution in [3.8, 4) is 11.3 Å². The van der Waals surface area contributed by atoms with Gasteiger partial charge in [0, 0.05) is 34.8 Å². The van der Waals surface area contributed by atoms with Gasteiger partial charge in [0.05, 0.1) is 17.6 Å². The Labute approximate surface area is 189 Å². The van der Waals surface area contributed by atoms with Crippen molar-refractivity contribution in [1.29, 1.82) is 0 Å². The van der Waals surface area contributed by atoms with Gasteiger partial charge >= 0.3 is 0 Å². The molecule has 164 valence electrons. The molecule has 0 aliphatic carbocycles. The third kappa shape index (κ3) is 4.14. The standard InChI is InChI=1S/C22H20N4O4S2/c1-14-17-6-4-5-7-18(17)21(28)26(14)12-20(27)24-22-23-19(13-31-22)15-8-10-16(11-9-15)25(2)32(3,29)30/h4-11,13H,1,12H2,2-3H3,(H,23,24,27). The van der Waals surface area contributed by atoms with Crippen LogP contribution in [0.4, 0.5) is 10.8 Å². The van der Waals surface area contributed by atoms with Gasteiger partial charge in [-0.15, -0.1) is 11.3 Å². The van der Waals surface area contributed by atoms with Gasteiger partial charge in [-0.1, -0.05) is 36.9 Å². The summed E-state index contributed by atoms with van der Waals surface area (Å²) < 4.78 is 24.5.